The highest BCUT2D eigenvalue weighted by molar-refractivity contribution is 9.10. The molecule has 2 amide bonds. The molecule has 0 aliphatic carbocycles. The second-order valence-corrected chi connectivity index (χ2v) is 12.9. The fraction of sp³-hybridized carbons (Fsp3) is 0.310. The minimum Gasteiger partial charge on any atom is -0.354 e. The van der Waals surface area contributed by atoms with Gasteiger partial charge in [0.1, 0.15) is 12.6 Å². The summed E-state index contributed by atoms with van der Waals surface area (Å²) in [6.07, 6.45) is 1.12. The molecule has 0 aliphatic heterocycles. The van der Waals surface area contributed by atoms with Gasteiger partial charge in [-0.3, -0.25) is 24.0 Å². The van der Waals surface area contributed by atoms with E-state index < -0.39 is 33.4 Å². The minimum atomic E-state index is -4.04. The van der Waals surface area contributed by atoms with E-state index in [1.165, 1.54) is 23.1 Å². The highest BCUT2D eigenvalue weighted by atomic mass is 79.9. The zero-order valence-corrected chi connectivity index (χ0v) is 25.5. The number of hydrogen-bond acceptors (Lipinski definition) is 6. The molecule has 0 saturated carbocycles. The molecule has 218 valence electrons. The first-order valence-corrected chi connectivity index (χ1v) is 15.6. The number of carbonyl (C=O) groups is 2. The fourth-order valence-electron chi connectivity index (χ4n) is 4.14. The number of nitro groups is 1. The van der Waals surface area contributed by atoms with E-state index in [2.05, 4.69) is 21.2 Å². The number of halogens is 1. The maximum absolute atomic E-state index is 14.0. The highest BCUT2D eigenvalue weighted by Crippen LogP contribution is 2.24. The molecule has 3 aromatic carbocycles. The molecule has 3 rings (SSSR count). The van der Waals surface area contributed by atoms with Gasteiger partial charge in [0.25, 0.3) is 5.69 Å². The Bertz CT molecular complexity index is 1470. The smallest absolute Gasteiger partial charge is 0.271 e. The van der Waals surface area contributed by atoms with Crippen LogP contribution in [0.2, 0.25) is 0 Å². The Morgan fingerprint density at radius 2 is 1.63 bits per heavy atom. The first-order valence-electron chi connectivity index (χ1n) is 12.9. The number of rotatable bonds is 13. The number of amides is 2. The van der Waals surface area contributed by atoms with Gasteiger partial charge in [0.2, 0.25) is 21.8 Å². The summed E-state index contributed by atoms with van der Waals surface area (Å²) < 4.78 is 27.3. The van der Waals surface area contributed by atoms with E-state index in [4.69, 9.17) is 0 Å². The number of non-ortho nitro benzene ring substituents is 1. The molecular weight excluding hydrogens is 612 g/mol. The topological polar surface area (TPSA) is 130 Å². The summed E-state index contributed by atoms with van der Waals surface area (Å²) in [5.41, 5.74) is 1.22. The lowest BCUT2D eigenvalue weighted by Crippen LogP contribution is -2.53. The molecule has 10 nitrogen and oxygen atoms in total. The maximum atomic E-state index is 14.0. The summed E-state index contributed by atoms with van der Waals surface area (Å²) in [7, 11) is -4.04. The molecule has 1 unspecified atom stereocenters. The van der Waals surface area contributed by atoms with Gasteiger partial charge in [-0.2, -0.15) is 0 Å². The number of nitrogens with one attached hydrogen (secondary N) is 1. The van der Waals surface area contributed by atoms with E-state index in [0.29, 0.717) is 6.54 Å². The molecule has 0 heterocycles. The van der Waals surface area contributed by atoms with Gasteiger partial charge in [-0.1, -0.05) is 78.3 Å². The van der Waals surface area contributed by atoms with Gasteiger partial charge in [0.05, 0.1) is 16.9 Å². The number of sulfonamides is 1. The number of hydrogen-bond donors (Lipinski definition) is 1. The van der Waals surface area contributed by atoms with Gasteiger partial charge in [0.15, 0.2) is 0 Å². The van der Waals surface area contributed by atoms with E-state index in [0.717, 1.165) is 32.2 Å². The van der Waals surface area contributed by atoms with Crippen molar-refractivity contribution in [2.45, 2.75) is 32.9 Å². The lowest BCUT2D eigenvalue weighted by atomic mass is 10.0. The Hall–Kier alpha value is -3.77. The molecule has 1 atom stereocenters. The second-order valence-electron chi connectivity index (χ2n) is 10.0. The molecule has 41 heavy (non-hydrogen) atoms. The van der Waals surface area contributed by atoms with Crippen molar-refractivity contribution in [3.63, 3.8) is 0 Å². The third-order valence-corrected chi connectivity index (χ3v) is 7.90. The third kappa shape index (κ3) is 9.39. The minimum absolute atomic E-state index is 0.0255. The van der Waals surface area contributed by atoms with Crippen LogP contribution in [0.5, 0.6) is 0 Å². The van der Waals surface area contributed by atoms with Crippen molar-refractivity contribution in [1.82, 2.24) is 10.2 Å². The van der Waals surface area contributed by atoms with Crippen molar-refractivity contribution in [2.24, 2.45) is 5.92 Å². The van der Waals surface area contributed by atoms with Crippen LogP contribution >= 0.6 is 15.9 Å². The van der Waals surface area contributed by atoms with Crippen LogP contribution in [0.15, 0.2) is 83.3 Å². The lowest BCUT2D eigenvalue weighted by molar-refractivity contribution is -0.384. The van der Waals surface area contributed by atoms with Crippen molar-refractivity contribution >= 4 is 49.1 Å². The van der Waals surface area contributed by atoms with Crippen LogP contribution in [0.3, 0.4) is 0 Å². The van der Waals surface area contributed by atoms with Gasteiger partial charge >= 0.3 is 0 Å². The lowest BCUT2D eigenvalue weighted by Gasteiger charge is -2.33. The van der Waals surface area contributed by atoms with Gasteiger partial charge < -0.3 is 10.2 Å². The number of nitro benzene ring substituents is 1. The maximum Gasteiger partial charge on any atom is 0.271 e. The largest absolute Gasteiger partial charge is 0.354 e. The zero-order chi connectivity index (χ0) is 30.2. The van der Waals surface area contributed by atoms with Crippen LogP contribution in [0, 0.1) is 16.0 Å². The van der Waals surface area contributed by atoms with Gasteiger partial charge in [-0.05, 0) is 35.2 Å². The molecule has 1 N–H and O–H groups in total. The molecule has 0 fully saturated rings. The molecule has 0 saturated heterocycles. The Balaban J connectivity index is 2.06. The van der Waals surface area contributed by atoms with E-state index in [9.17, 15) is 28.1 Å². The van der Waals surface area contributed by atoms with Crippen LogP contribution in [0.1, 0.15) is 25.0 Å². The Labute approximate surface area is 248 Å². The van der Waals surface area contributed by atoms with Crippen LogP contribution in [0.4, 0.5) is 11.4 Å². The summed E-state index contributed by atoms with van der Waals surface area (Å²) in [6.45, 7) is 3.69. The summed E-state index contributed by atoms with van der Waals surface area (Å²) in [6, 6.07) is 20.6. The van der Waals surface area contributed by atoms with Gasteiger partial charge in [-0.25, -0.2) is 8.42 Å². The molecular formula is C29H33BrN4O6S. The Morgan fingerprint density at radius 1 is 0.976 bits per heavy atom. The molecule has 3 aromatic rings. The van der Waals surface area contributed by atoms with Crippen LogP contribution in [0.25, 0.3) is 0 Å². The number of anilines is 1. The van der Waals surface area contributed by atoms with E-state index in [1.54, 1.807) is 0 Å². The molecule has 0 spiro atoms. The van der Waals surface area contributed by atoms with E-state index >= 15 is 0 Å². The van der Waals surface area contributed by atoms with Crippen LogP contribution in [-0.4, -0.2) is 55.4 Å². The van der Waals surface area contributed by atoms with Crippen molar-refractivity contribution in [3.8, 4) is 0 Å². The first kappa shape index (κ1) is 31.8. The summed E-state index contributed by atoms with van der Waals surface area (Å²) in [5, 5.41) is 14.3. The first-order chi connectivity index (χ1) is 19.3. The zero-order valence-electron chi connectivity index (χ0n) is 23.1. The van der Waals surface area contributed by atoms with Gasteiger partial charge in [-0.15, -0.1) is 0 Å². The normalized spacial score (nSPS) is 12.0. The fourth-order valence-corrected chi connectivity index (χ4v) is 5.24. The number of carbonyl (C=O) groups excluding carboxylic acids is 2. The van der Waals surface area contributed by atoms with Crippen molar-refractivity contribution < 1.29 is 22.9 Å². The number of nitrogens with zero attached hydrogens (tertiary/aromatic N) is 3. The number of benzene rings is 3. The van der Waals surface area contributed by atoms with Crippen molar-refractivity contribution in [1.29, 1.82) is 0 Å². The highest BCUT2D eigenvalue weighted by Gasteiger charge is 2.33. The monoisotopic (exact) mass is 644 g/mol. The summed E-state index contributed by atoms with van der Waals surface area (Å²) >= 11 is 3.40. The van der Waals surface area contributed by atoms with Crippen LogP contribution in [-0.2, 0) is 32.6 Å². The van der Waals surface area contributed by atoms with E-state index in [1.807, 2.05) is 68.4 Å². The summed E-state index contributed by atoms with van der Waals surface area (Å²) in [5.74, 6) is -0.832. The standard InChI is InChI=1S/C29H33BrN4O6S/c1-21(2)18-31-29(36)27(16-22-8-5-4-6-9-22)32(19-23-12-14-24(30)15-13-23)28(35)20-33(41(3,39)40)25-10-7-11-26(17-25)34(37)38/h4-15,17,21,27H,16,18-20H2,1-3H3,(H,31,36). The Kier molecular flexibility index (Phi) is 11.0. The Morgan fingerprint density at radius 3 is 2.22 bits per heavy atom. The molecule has 0 aromatic heterocycles. The predicted molar refractivity (Wildman–Crippen MR) is 162 cm³/mol. The van der Waals surface area contributed by atoms with Crippen molar-refractivity contribution in [3.05, 3.63) is 105 Å². The van der Waals surface area contributed by atoms with Crippen molar-refractivity contribution in [2.75, 3.05) is 23.7 Å². The van der Waals surface area contributed by atoms with E-state index in [-0.39, 0.29) is 36.2 Å². The van der Waals surface area contributed by atoms with Gasteiger partial charge in [0, 0.05) is 36.1 Å². The molecule has 12 heteroatoms. The predicted octanol–water partition coefficient (Wildman–Crippen LogP) is 4.54. The SMILES string of the molecule is CC(C)CNC(=O)C(Cc1ccccc1)N(Cc1ccc(Br)cc1)C(=O)CN(c1cccc([N+](=O)[O-])c1)S(C)(=O)=O. The summed E-state index contributed by atoms with van der Waals surface area (Å²) in [4.78, 5) is 39.7. The third-order valence-electron chi connectivity index (χ3n) is 6.23. The molecule has 0 bridgehead atoms. The molecule has 0 radical (unpaired) electrons. The average Bonchev–Trinajstić information content (AvgIpc) is 2.93. The van der Waals surface area contributed by atoms with Crippen LogP contribution < -0.4 is 9.62 Å². The molecule has 0 aliphatic rings. The second kappa shape index (κ2) is 14.2. The average molecular weight is 646 g/mol. The quantitative estimate of drug-likeness (QED) is 0.215.